The van der Waals surface area contributed by atoms with E-state index in [-0.39, 0.29) is 5.92 Å². The van der Waals surface area contributed by atoms with Crippen molar-refractivity contribution in [1.82, 2.24) is 15.0 Å². The fourth-order valence-electron chi connectivity index (χ4n) is 2.06. The van der Waals surface area contributed by atoms with Gasteiger partial charge in [0.25, 0.3) is 0 Å². The summed E-state index contributed by atoms with van der Waals surface area (Å²) in [5.41, 5.74) is 1.23. The van der Waals surface area contributed by atoms with Crippen LogP contribution in [0.1, 0.15) is 31.2 Å². The highest BCUT2D eigenvalue weighted by Crippen LogP contribution is 2.18. The van der Waals surface area contributed by atoms with Gasteiger partial charge in [-0.1, -0.05) is 19.1 Å². The number of hydrogen-bond donors (Lipinski definition) is 0. The summed E-state index contributed by atoms with van der Waals surface area (Å²) < 4.78 is 12.5. The van der Waals surface area contributed by atoms with Gasteiger partial charge in [-0.05, 0) is 30.2 Å². The first-order valence-electron chi connectivity index (χ1n) is 6.76. The number of aromatic nitrogens is 3. The van der Waals surface area contributed by atoms with E-state index in [4.69, 9.17) is 14.7 Å². The minimum Gasteiger partial charge on any atom is -0.497 e. The number of nitrogens with zero attached hydrogens (tertiary/aromatic N) is 4. The second-order valence-corrected chi connectivity index (χ2v) is 4.84. The first kappa shape index (κ1) is 14.9. The third-order valence-electron chi connectivity index (χ3n) is 3.06. The number of ether oxygens (including phenoxy) is 2. The Labute approximate surface area is 123 Å². The van der Waals surface area contributed by atoms with E-state index in [1.807, 2.05) is 38.1 Å². The summed E-state index contributed by atoms with van der Waals surface area (Å²) in [6, 6.07) is 9.46. The lowest BCUT2D eigenvalue weighted by atomic mass is 10.1. The average molecular weight is 286 g/mol. The molecule has 6 nitrogen and oxygen atoms in total. The Balaban J connectivity index is 1.97. The molecule has 0 atom stereocenters. The van der Waals surface area contributed by atoms with Crippen LogP contribution in [0.3, 0.4) is 0 Å². The molecule has 110 valence electrons. The molecule has 1 heterocycles. The van der Waals surface area contributed by atoms with Crippen LogP contribution in [0, 0.1) is 11.3 Å². The van der Waals surface area contributed by atoms with Gasteiger partial charge in [0.2, 0.25) is 0 Å². The molecule has 0 N–H and O–H groups in total. The van der Waals surface area contributed by atoms with E-state index in [1.54, 1.807) is 11.8 Å². The van der Waals surface area contributed by atoms with Gasteiger partial charge in [0, 0.05) is 0 Å². The Hall–Kier alpha value is -2.55. The van der Waals surface area contributed by atoms with Crippen LogP contribution in [0.15, 0.2) is 24.3 Å². The average Bonchev–Trinajstić information content (AvgIpc) is 2.91. The van der Waals surface area contributed by atoms with E-state index in [2.05, 4.69) is 16.4 Å². The van der Waals surface area contributed by atoms with Crippen molar-refractivity contribution < 1.29 is 9.47 Å². The number of nitriles is 1. The molecule has 0 aliphatic rings. The van der Waals surface area contributed by atoms with Crippen molar-refractivity contribution >= 4 is 0 Å². The SMILES string of the molecule is COc1ccc(OCCn2nnc(C#N)c2C(C)C)cc1. The Morgan fingerprint density at radius 3 is 2.48 bits per heavy atom. The highest BCUT2D eigenvalue weighted by Gasteiger charge is 2.15. The molecule has 0 aliphatic carbocycles. The van der Waals surface area contributed by atoms with Crippen LogP contribution in [0.2, 0.25) is 0 Å². The predicted molar refractivity (Wildman–Crippen MR) is 77.3 cm³/mol. The molecule has 1 aromatic heterocycles. The lowest BCUT2D eigenvalue weighted by molar-refractivity contribution is 0.286. The summed E-state index contributed by atoms with van der Waals surface area (Å²) >= 11 is 0. The van der Waals surface area contributed by atoms with E-state index >= 15 is 0 Å². The van der Waals surface area contributed by atoms with Gasteiger partial charge < -0.3 is 9.47 Å². The van der Waals surface area contributed by atoms with Crippen LogP contribution in [0.4, 0.5) is 0 Å². The van der Waals surface area contributed by atoms with Crippen molar-refractivity contribution in [2.75, 3.05) is 13.7 Å². The molecular formula is C15H18N4O2. The molecule has 0 aliphatic heterocycles. The number of hydrogen-bond acceptors (Lipinski definition) is 5. The molecule has 0 fully saturated rings. The van der Waals surface area contributed by atoms with Crippen molar-refractivity contribution in [3.63, 3.8) is 0 Å². The minimum atomic E-state index is 0.190. The minimum absolute atomic E-state index is 0.190. The molecule has 0 amide bonds. The maximum atomic E-state index is 9.02. The van der Waals surface area contributed by atoms with E-state index < -0.39 is 0 Å². The highest BCUT2D eigenvalue weighted by atomic mass is 16.5. The van der Waals surface area contributed by atoms with Crippen molar-refractivity contribution in [2.24, 2.45) is 0 Å². The summed E-state index contributed by atoms with van der Waals surface area (Å²) in [6.45, 7) is 5.04. The van der Waals surface area contributed by atoms with Crippen LogP contribution < -0.4 is 9.47 Å². The number of benzene rings is 1. The van der Waals surface area contributed by atoms with Gasteiger partial charge >= 0.3 is 0 Å². The Kier molecular flexibility index (Phi) is 4.77. The Morgan fingerprint density at radius 1 is 1.24 bits per heavy atom. The zero-order valence-corrected chi connectivity index (χ0v) is 12.4. The fraction of sp³-hybridized carbons (Fsp3) is 0.400. The second kappa shape index (κ2) is 6.75. The standard InChI is InChI=1S/C15H18N4O2/c1-11(2)15-14(10-16)17-18-19(15)8-9-21-13-6-4-12(20-3)5-7-13/h4-7,11H,8-9H2,1-3H3. The van der Waals surface area contributed by atoms with Crippen molar-refractivity contribution in [1.29, 1.82) is 5.26 Å². The monoisotopic (exact) mass is 286 g/mol. The summed E-state index contributed by atoms with van der Waals surface area (Å²) in [6.07, 6.45) is 0. The Morgan fingerprint density at radius 2 is 1.90 bits per heavy atom. The van der Waals surface area contributed by atoms with Crippen molar-refractivity contribution in [3.05, 3.63) is 35.7 Å². The number of rotatable bonds is 6. The van der Waals surface area contributed by atoms with Gasteiger partial charge in [-0.2, -0.15) is 5.26 Å². The Bertz CT molecular complexity index is 626. The lowest BCUT2D eigenvalue weighted by Gasteiger charge is -2.10. The summed E-state index contributed by atoms with van der Waals surface area (Å²) in [7, 11) is 1.63. The van der Waals surface area contributed by atoms with Gasteiger partial charge in [0.1, 0.15) is 24.2 Å². The zero-order chi connectivity index (χ0) is 15.2. The summed E-state index contributed by atoms with van der Waals surface area (Å²) in [5, 5.41) is 16.9. The summed E-state index contributed by atoms with van der Waals surface area (Å²) in [4.78, 5) is 0. The lowest BCUT2D eigenvalue weighted by Crippen LogP contribution is -2.13. The topological polar surface area (TPSA) is 73.0 Å². The highest BCUT2D eigenvalue weighted by molar-refractivity contribution is 5.31. The quantitative estimate of drug-likeness (QED) is 0.815. The van der Waals surface area contributed by atoms with Gasteiger partial charge in [0.15, 0.2) is 5.69 Å². The molecule has 0 bridgehead atoms. The molecule has 6 heteroatoms. The third-order valence-corrected chi connectivity index (χ3v) is 3.06. The van der Waals surface area contributed by atoms with Gasteiger partial charge in [-0.25, -0.2) is 4.68 Å². The maximum Gasteiger partial charge on any atom is 0.186 e. The molecule has 1 aromatic carbocycles. The van der Waals surface area contributed by atoms with E-state index in [0.29, 0.717) is 18.8 Å². The van der Waals surface area contributed by atoms with Crippen LogP contribution in [0.5, 0.6) is 11.5 Å². The largest absolute Gasteiger partial charge is 0.497 e. The van der Waals surface area contributed by atoms with E-state index in [9.17, 15) is 0 Å². The first-order chi connectivity index (χ1) is 10.2. The second-order valence-electron chi connectivity index (χ2n) is 4.84. The van der Waals surface area contributed by atoms with E-state index in [1.165, 1.54) is 0 Å². The molecule has 2 rings (SSSR count). The number of methoxy groups -OCH3 is 1. The molecular weight excluding hydrogens is 268 g/mol. The smallest absolute Gasteiger partial charge is 0.186 e. The van der Waals surface area contributed by atoms with Gasteiger partial charge in [0.05, 0.1) is 19.3 Å². The van der Waals surface area contributed by atoms with Gasteiger partial charge in [-0.15, -0.1) is 5.10 Å². The van der Waals surface area contributed by atoms with E-state index in [0.717, 1.165) is 17.2 Å². The van der Waals surface area contributed by atoms with Crippen LogP contribution in [-0.4, -0.2) is 28.7 Å². The molecule has 2 aromatic rings. The predicted octanol–water partition coefficient (Wildman–Crippen LogP) is 2.36. The third kappa shape index (κ3) is 3.51. The van der Waals surface area contributed by atoms with Crippen molar-refractivity contribution in [2.45, 2.75) is 26.3 Å². The van der Waals surface area contributed by atoms with Crippen LogP contribution >= 0.6 is 0 Å². The first-order valence-corrected chi connectivity index (χ1v) is 6.76. The molecule has 21 heavy (non-hydrogen) atoms. The normalized spacial score (nSPS) is 10.4. The molecule has 0 saturated heterocycles. The van der Waals surface area contributed by atoms with Crippen LogP contribution in [-0.2, 0) is 6.54 Å². The molecule has 0 unspecified atom stereocenters. The maximum absolute atomic E-state index is 9.02. The van der Waals surface area contributed by atoms with Gasteiger partial charge in [-0.3, -0.25) is 0 Å². The zero-order valence-electron chi connectivity index (χ0n) is 12.4. The fourth-order valence-corrected chi connectivity index (χ4v) is 2.06. The van der Waals surface area contributed by atoms with Crippen molar-refractivity contribution in [3.8, 4) is 17.6 Å². The molecule has 0 spiro atoms. The molecule has 0 radical (unpaired) electrons. The summed E-state index contributed by atoms with van der Waals surface area (Å²) in [5.74, 6) is 1.75. The van der Waals surface area contributed by atoms with Crippen LogP contribution in [0.25, 0.3) is 0 Å². The molecule has 0 saturated carbocycles.